The van der Waals surface area contributed by atoms with Crippen LogP contribution in [0.2, 0.25) is 19.6 Å². The Morgan fingerprint density at radius 2 is 1.16 bits per heavy atom. The molecule has 0 saturated carbocycles. The lowest BCUT2D eigenvalue weighted by atomic mass is 9.93. The molecule has 0 atom stereocenters. The van der Waals surface area contributed by atoms with E-state index in [2.05, 4.69) is 92.1 Å². The van der Waals surface area contributed by atoms with Gasteiger partial charge in [0.15, 0.2) is 0 Å². The van der Waals surface area contributed by atoms with Crippen molar-refractivity contribution in [1.82, 2.24) is 0 Å². The van der Waals surface area contributed by atoms with Crippen LogP contribution in [0.5, 0.6) is 0 Å². The summed E-state index contributed by atoms with van der Waals surface area (Å²) in [4.78, 5) is 0. The van der Waals surface area contributed by atoms with Crippen LogP contribution < -0.4 is 0 Å². The molecule has 0 spiro atoms. The van der Waals surface area contributed by atoms with Crippen LogP contribution in [0.3, 0.4) is 0 Å². The van der Waals surface area contributed by atoms with E-state index in [1.807, 2.05) is 0 Å². The van der Waals surface area contributed by atoms with Crippen molar-refractivity contribution in [2.75, 3.05) is 0 Å². The normalized spacial score (nSPS) is 12.2. The first-order valence-electron chi connectivity index (χ1n) is 9.80. The van der Waals surface area contributed by atoms with Crippen molar-refractivity contribution in [2.24, 2.45) is 5.92 Å². The number of aryl methyl sites for hydroxylation is 2. The predicted octanol–water partition coefficient (Wildman–Crippen LogP) is 7.08. The first-order chi connectivity index (χ1) is 12.0. The minimum absolute atomic E-state index is 0.735. The average Bonchev–Trinajstić information content (AvgIpc) is 2.60. The summed E-state index contributed by atoms with van der Waals surface area (Å²) in [6.07, 6.45) is 10.2. The van der Waals surface area contributed by atoms with Gasteiger partial charge in [-0.2, -0.15) is 0 Å². The second-order valence-electron chi connectivity index (χ2n) is 8.24. The summed E-state index contributed by atoms with van der Waals surface area (Å²) < 4.78 is 0. The highest BCUT2D eigenvalue weighted by Gasteiger charge is 2.11. The van der Waals surface area contributed by atoms with Crippen LogP contribution in [0.1, 0.15) is 36.8 Å². The highest BCUT2D eigenvalue weighted by Crippen LogP contribution is 2.20. The molecule has 0 radical (unpaired) electrons. The zero-order valence-corrected chi connectivity index (χ0v) is 17.2. The maximum Gasteiger partial charge on any atom is 0.0682 e. The van der Waals surface area contributed by atoms with Gasteiger partial charge in [0.2, 0.25) is 0 Å². The van der Waals surface area contributed by atoms with Crippen LogP contribution in [0.4, 0.5) is 0 Å². The van der Waals surface area contributed by atoms with Gasteiger partial charge < -0.3 is 0 Å². The third kappa shape index (κ3) is 8.88. The standard InChI is InChI=1S/C24H34Si/c1-25(2,3)21-20-24(18-10-16-22-12-6-4-7-13-22)19-11-17-23-14-8-5-9-15-23/h4-9,12-15,20-21,24H,10-11,16-19H2,1-3H3/b21-20+. The third-order valence-electron chi connectivity index (χ3n) is 4.63. The van der Waals surface area contributed by atoms with E-state index in [0.717, 1.165) is 5.92 Å². The van der Waals surface area contributed by atoms with Crippen molar-refractivity contribution >= 4 is 8.07 Å². The molecule has 0 aliphatic rings. The maximum absolute atomic E-state index is 2.54. The van der Waals surface area contributed by atoms with Crippen LogP contribution in [0.15, 0.2) is 72.4 Å². The van der Waals surface area contributed by atoms with E-state index in [9.17, 15) is 0 Å². The summed E-state index contributed by atoms with van der Waals surface area (Å²) in [7, 11) is -1.11. The molecule has 2 aromatic rings. The summed E-state index contributed by atoms with van der Waals surface area (Å²) in [5, 5.41) is 0. The van der Waals surface area contributed by atoms with E-state index in [1.54, 1.807) is 0 Å². The SMILES string of the molecule is C[Si](C)(C)/C=C/C(CCCc1ccccc1)CCCc1ccccc1. The summed E-state index contributed by atoms with van der Waals surface area (Å²) in [6.45, 7) is 7.28. The summed E-state index contributed by atoms with van der Waals surface area (Å²) in [6, 6.07) is 21.8. The fourth-order valence-corrected chi connectivity index (χ4v) is 4.04. The molecule has 25 heavy (non-hydrogen) atoms. The Bertz CT molecular complexity index is 562. The van der Waals surface area contributed by atoms with Crippen LogP contribution >= 0.6 is 0 Å². The van der Waals surface area contributed by atoms with E-state index in [0.29, 0.717) is 0 Å². The van der Waals surface area contributed by atoms with Gasteiger partial charge in [-0.25, -0.2) is 0 Å². The molecule has 0 heterocycles. The fourth-order valence-electron chi connectivity index (χ4n) is 3.19. The molecule has 2 rings (SSSR count). The van der Waals surface area contributed by atoms with Crippen LogP contribution in [-0.2, 0) is 12.8 Å². The van der Waals surface area contributed by atoms with Crippen LogP contribution in [-0.4, -0.2) is 8.07 Å². The number of hydrogen-bond donors (Lipinski definition) is 0. The van der Waals surface area contributed by atoms with E-state index in [4.69, 9.17) is 0 Å². The monoisotopic (exact) mass is 350 g/mol. The first kappa shape index (κ1) is 19.7. The Morgan fingerprint density at radius 1 is 0.720 bits per heavy atom. The van der Waals surface area contributed by atoms with E-state index >= 15 is 0 Å². The lowest BCUT2D eigenvalue weighted by Crippen LogP contribution is -2.16. The number of rotatable bonds is 10. The Labute approximate surface area is 156 Å². The largest absolute Gasteiger partial charge is 0.0986 e. The minimum Gasteiger partial charge on any atom is -0.0986 e. The summed E-state index contributed by atoms with van der Waals surface area (Å²) in [5.74, 6) is 0.735. The average molecular weight is 351 g/mol. The summed E-state index contributed by atoms with van der Waals surface area (Å²) in [5.41, 5.74) is 5.49. The molecule has 0 nitrogen and oxygen atoms in total. The first-order valence-corrected chi connectivity index (χ1v) is 13.4. The van der Waals surface area contributed by atoms with Crippen molar-refractivity contribution in [3.8, 4) is 0 Å². The molecule has 0 aromatic heterocycles. The van der Waals surface area contributed by atoms with Gasteiger partial charge >= 0.3 is 0 Å². The molecular weight excluding hydrogens is 316 g/mol. The molecule has 2 aromatic carbocycles. The number of benzene rings is 2. The smallest absolute Gasteiger partial charge is 0.0682 e. The van der Waals surface area contributed by atoms with E-state index < -0.39 is 8.07 Å². The Hall–Kier alpha value is -1.60. The Kier molecular flexibility index (Phi) is 8.20. The molecule has 0 aliphatic heterocycles. The minimum atomic E-state index is -1.11. The topological polar surface area (TPSA) is 0 Å². The third-order valence-corrected chi connectivity index (χ3v) is 5.83. The van der Waals surface area contributed by atoms with Gasteiger partial charge in [-0.1, -0.05) is 92.1 Å². The van der Waals surface area contributed by atoms with Gasteiger partial charge in [-0.05, 0) is 55.6 Å². The zero-order valence-electron chi connectivity index (χ0n) is 16.2. The second-order valence-corrected chi connectivity index (χ2v) is 13.3. The predicted molar refractivity (Wildman–Crippen MR) is 115 cm³/mol. The quantitative estimate of drug-likeness (QED) is 0.401. The molecule has 0 bridgehead atoms. The van der Waals surface area contributed by atoms with Crippen molar-refractivity contribution < 1.29 is 0 Å². The highest BCUT2D eigenvalue weighted by atomic mass is 28.3. The molecule has 0 fully saturated rings. The van der Waals surface area contributed by atoms with E-state index in [-0.39, 0.29) is 0 Å². The fraction of sp³-hybridized carbons (Fsp3) is 0.417. The van der Waals surface area contributed by atoms with Gasteiger partial charge in [0.1, 0.15) is 0 Å². The Morgan fingerprint density at radius 3 is 1.56 bits per heavy atom. The molecule has 0 unspecified atom stereocenters. The van der Waals surface area contributed by atoms with Crippen LogP contribution in [0, 0.1) is 5.92 Å². The second kappa shape index (κ2) is 10.4. The molecule has 0 amide bonds. The Balaban J connectivity index is 1.82. The van der Waals surface area contributed by atoms with Gasteiger partial charge in [0, 0.05) is 0 Å². The van der Waals surface area contributed by atoms with Gasteiger partial charge in [-0.3, -0.25) is 0 Å². The van der Waals surface area contributed by atoms with Gasteiger partial charge in [0.05, 0.1) is 8.07 Å². The van der Waals surface area contributed by atoms with Crippen LogP contribution in [0.25, 0.3) is 0 Å². The van der Waals surface area contributed by atoms with Gasteiger partial charge in [0.25, 0.3) is 0 Å². The molecule has 0 aliphatic carbocycles. The molecule has 1 heteroatoms. The lowest BCUT2D eigenvalue weighted by Gasteiger charge is -2.16. The van der Waals surface area contributed by atoms with Crippen molar-refractivity contribution in [3.63, 3.8) is 0 Å². The molecule has 134 valence electrons. The van der Waals surface area contributed by atoms with Crippen molar-refractivity contribution in [3.05, 3.63) is 83.6 Å². The number of allylic oxidation sites excluding steroid dienone is 1. The molecule has 0 saturated heterocycles. The van der Waals surface area contributed by atoms with Crippen molar-refractivity contribution in [1.29, 1.82) is 0 Å². The molecular formula is C24H34Si. The van der Waals surface area contributed by atoms with Gasteiger partial charge in [-0.15, -0.1) is 0 Å². The zero-order chi connectivity index (χ0) is 18.0. The maximum atomic E-state index is 2.54. The van der Waals surface area contributed by atoms with Crippen molar-refractivity contribution in [2.45, 2.75) is 58.2 Å². The summed E-state index contributed by atoms with van der Waals surface area (Å²) >= 11 is 0. The molecule has 0 N–H and O–H groups in total. The number of hydrogen-bond acceptors (Lipinski definition) is 0. The highest BCUT2D eigenvalue weighted by molar-refractivity contribution is 6.80. The lowest BCUT2D eigenvalue weighted by molar-refractivity contribution is 0.504. The van der Waals surface area contributed by atoms with E-state index in [1.165, 1.54) is 49.7 Å².